The second-order valence-electron chi connectivity index (χ2n) is 7.09. The second kappa shape index (κ2) is 7.28. The van der Waals surface area contributed by atoms with Crippen LogP contribution in [-0.4, -0.2) is 5.97 Å². The first-order valence-corrected chi connectivity index (χ1v) is 9.41. The zero-order chi connectivity index (χ0) is 17.8. The van der Waals surface area contributed by atoms with Crippen molar-refractivity contribution >= 4 is 16.9 Å². The fourth-order valence-corrected chi connectivity index (χ4v) is 4.06. The summed E-state index contributed by atoms with van der Waals surface area (Å²) in [6, 6.07) is 22.4. The van der Waals surface area contributed by atoms with Gasteiger partial charge in [-0.15, -0.1) is 0 Å². The largest absolute Gasteiger partial charge is 0.450 e. The summed E-state index contributed by atoms with van der Waals surface area (Å²) in [5.41, 5.74) is 1.70. The number of nitrogens with zero attached hydrogens (tertiary/aromatic N) is 1. The lowest BCUT2D eigenvalue weighted by molar-refractivity contribution is -0.660. The topological polar surface area (TPSA) is 30.2 Å². The van der Waals surface area contributed by atoms with E-state index in [0.717, 1.165) is 42.1 Å². The van der Waals surface area contributed by atoms with Crippen LogP contribution < -0.4 is 4.57 Å². The number of carbonyl (C=O) groups is 1. The number of pyridine rings is 1. The molecule has 4 rings (SSSR count). The van der Waals surface area contributed by atoms with E-state index in [9.17, 15) is 4.79 Å². The zero-order valence-corrected chi connectivity index (χ0v) is 14.9. The van der Waals surface area contributed by atoms with Gasteiger partial charge in [-0.25, -0.2) is 4.79 Å². The minimum absolute atomic E-state index is 0.169. The Kier molecular flexibility index (Phi) is 4.70. The van der Waals surface area contributed by atoms with E-state index in [1.54, 1.807) is 0 Å². The average molecular weight is 346 g/mol. The number of hydrogen-bond acceptors (Lipinski definition) is 2. The van der Waals surface area contributed by atoms with Crippen molar-refractivity contribution in [2.45, 2.75) is 44.2 Å². The lowest BCUT2D eigenvalue weighted by Gasteiger charge is -2.37. The molecule has 0 saturated heterocycles. The maximum Gasteiger partial charge on any atom is 0.373 e. The summed E-state index contributed by atoms with van der Waals surface area (Å²) in [7, 11) is 0. The van der Waals surface area contributed by atoms with Crippen molar-refractivity contribution in [2.24, 2.45) is 0 Å². The number of carbonyl (C=O) groups excluding carboxylic acids is 1. The van der Waals surface area contributed by atoms with Crippen LogP contribution in [0.1, 0.15) is 37.7 Å². The van der Waals surface area contributed by atoms with Gasteiger partial charge in [0, 0.05) is 17.5 Å². The van der Waals surface area contributed by atoms with Crippen LogP contribution in [0.2, 0.25) is 0 Å². The zero-order valence-electron chi connectivity index (χ0n) is 14.9. The Morgan fingerprint density at radius 2 is 1.58 bits per heavy atom. The Morgan fingerprint density at radius 1 is 0.885 bits per heavy atom. The van der Waals surface area contributed by atoms with E-state index in [2.05, 4.69) is 24.3 Å². The molecule has 0 spiro atoms. The van der Waals surface area contributed by atoms with Crippen molar-refractivity contribution in [3.8, 4) is 0 Å². The van der Waals surface area contributed by atoms with Crippen molar-refractivity contribution in [2.75, 3.05) is 0 Å². The Morgan fingerprint density at radius 3 is 2.38 bits per heavy atom. The van der Waals surface area contributed by atoms with Crippen molar-refractivity contribution in [3.05, 3.63) is 78.5 Å². The number of fused-ring (bicyclic) bond motifs is 1. The lowest BCUT2D eigenvalue weighted by Crippen LogP contribution is -2.43. The summed E-state index contributed by atoms with van der Waals surface area (Å²) in [6.07, 6.45) is 7.17. The third-order valence-corrected chi connectivity index (χ3v) is 5.36. The van der Waals surface area contributed by atoms with E-state index in [4.69, 9.17) is 4.74 Å². The monoisotopic (exact) mass is 346 g/mol. The van der Waals surface area contributed by atoms with Gasteiger partial charge in [0.05, 0.1) is 0 Å². The minimum Gasteiger partial charge on any atom is -0.450 e. The van der Waals surface area contributed by atoms with Crippen molar-refractivity contribution in [1.29, 1.82) is 0 Å². The highest BCUT2D eigenvalue weighted by Crippen LogP contribution is 2.40. The normalized spacial score (nSPS) is 16.3. The Bertz CT molecular complexity index is 893. The lowest BCUT2D eigenvalue weighted by atomic mass is 9.79. The molecule has 3 nitrogen and oxygen atoms in total. The predicted molar refractivity (Wildman–Crippen MR) is 101 cm³/mol. The molecular weight excluding hydrogens is 322 g/mol. The van der Waals surface area contributed by atoms with Gasteiger partial charge in [-0.05, 0) is 43.4 Å². The molecule has 3 aromatic rings. The van der Waals surface area contributed by atoms with Crippen LogP contribution in [0.3, 0.4) is 0 Å². The minimum atomic E-state index is -0.470. The van der Waals surface area contributed by atoms with Gasteiger partial charge in [-0.3, -0.25) is 0 Å². The van der Waals surface area contributed by atoms with Gasteiger partial charge in [0.1, 0.15) is 5.60 Å². The number of rotatable bonds is 4. The van der Waals surface area contributed by atoms with Gasteiger partial charge in [0.2, 0.25) is 12.1 Å². The molecule has 3 heteroatoms. The van der Waals surface area contributed by atoms with E-state index >= 15 is 0 Å². The highest BCUT2D eigenvalue weighted by atomic mass is 16.6. The summed E-state index contributed by atoms with van der Waals surface area (Å²) in [4.78, 5) is 12.9. The molecule has 1 saturated carbocycles. The van der Waals surface area contributed by atoms with Gasteiger partial charge in [0.25, 0.3) is 0 Å². The molecular formula is C23H24NO2+. The van der Waals surface area contributed by atoms with Gasteiger partial charge in [-0.1, -0.05) is 48.9 Å². The van der Waals surface area contributed by atoms with E-state index in [-0.39, 0.29) is 12.5 Å². The van der Waals surface area contributed by atoms with Crippen molar-refractivity contribution < 1.29 is 14.1 Å². The Hall–Kier alpha value is -2.68. The highest BCUT2D eigenvalue weighted by Gasteiger charge is 2.38. The van der Waals surface area contributed by atoms with Crippen LogP contribution >= 0.6 is 0 Å². The Balaban J connectivity index is 1.59. The van der Waals surface area contributed by atoms with Gasteiger partial charge in [-0.2, -0.15) is 4.57 Å². The smallest absolute Gasteiger partial charge is 0.373 e. The van der Waals surface area contributed by atoms with Crippen LogP contribution in [0, 0.1) is 0 Å². The molecule has 26 heavy (non-hydrogen) atoms. The number of benzene rings is 2. The summed E-state index contributed by atoms with van der Waals surface area (Å²) in [5, 5.41) is 1.12. The first kappa shape index (κ1) is 16.8. The van der Waals surface area contributed by atoms with Gasteiger partial charge < -0.3 is 4.74 Å². The first-order chi connectivity index (χ1) is 12.8. The van der Waals surface area contributed by atoms with Crippen molar-refractivity contribution in [3.63, 3.8) is 0 Å². The maximum absolute atomic E-state index is 12.9. The fraction of sp³-hybridized carbons (Fsp3) is 0.304. The number of esters is 1. The molecule has 1 fully saturated rings. The molecule has 2 aromatic carbocycles. The summed E-state index contributed by atoms with van der Waals surface area (Å²) >= 11 is 0. The summed E-state index contributed by atoms with van der Waals surface area (Å²) in [5.74, 6) is -0.169. The maximum atomic E-state index is 12.9. The first-order valence-electron chi connectivity index (χ1n) is 9.41. The van der Waals surface area contributed by atoms with Crippen LogP contribution in [0.15, 0.2) is 72.9 Å². The molecule has 1 aliphatic carbocycles. The molecule has 0 aliphatic heterocycles. The van der Waals surface area contributed by atoms with Gasteiger partial charge >= 0.3 is 5.97 Å². The molecule has 0 unspecified atom stereocenters. The molecule has 132 valence electrons. The summed E-state index contributed by atoms with van der Waals surface area (Å²) in [6.45, 7) is 0.232. The Labute approximate surface area is 154 Å². The molecule has 1 aromatic heterocycles. The van der Waals surface area contributed by atoms with Crippen LogP contribution in [-0.2, 0) is 21.7 Å². The predicted octanol–water partition coefficient (Wildman–Crippen LogP) is 4.53. The van der Waals surface area contributed by atoms with Crippen molar-refractivity contribution in [1.82, 2.24) is 0 Å². The molecule has 0 bridgehead atoms. The number of para-hydroxylation sites is 1. The van der Waals surface area contributed by atoms with E-state index in [1.165, 1.54) is 6.42 Å². The van der Waals surface area contributed by atoms with Gasteiger partial charge in [0.15, 0.2) is 6.20 Å². The average Bonchev–Trinajstić information content (AvgIpc) is 2.70. The third kappa shape index (κ3) is 3.34. The number of hydrogen-bond donors (Lipinski definition) is 0. The standard InChI is InChI=1S/C23H24NO2/c25-22(18-24-17-9-11-19-10-5-6-14-21(19)24)26-23(15-7-2-8-16-23)20-12-3-1-4-13-20/h1,3-6,9-14,17H,2,7-8,15-16,18H2/q+1. The van der Waals surface area contributed by atoms with E-state index < -0.39 is 5.60 Å². The van der Waals surface area contributed by atoms with E-state index in [1.807, 2.05) is 53.2 Å². The molecule has 0 amide bonds. The molecule has 1 aliphatic rings. The second-order valence-corrected chi connectivity index (χ2v) is 7.09. The SMILES string of the molecule is O=C(C[n+]1cccc2ccccc21)OC1(c2ccccc2)CCCCC1. The fourth-order valence-electron chi connectivity index (χ4n) is 4.06. The molecule has 0 atom stereocenters. The summed E-state index contributed by atoms with van der Waals surface area (Å²) < 4.78 is 8.13. The molecule has 0 radical (unpaired) electrons. The highest BCUT2D eigenvalue weighted by molar-refractivity contribution is 5.76. The quantitative estimate of drug-likeness (QED) is 0.513. The van der Waals surface area contributed by atoms with E-state index in [0.29, 0.717) is 0 Å². The number of ether oxygens (including phenoxy) is 1. The van der Waals surface area contributed by atoms with Crippen LogP contribution in [0.5, 0.6) is 0 Å². The van der Waals surface area contributed by atoms with Crippen LogP contribution in [0.4, 0.5) is 0 Å². The number of aromatic nitrogens is 1. The van der Waals surface area contributed by atoms with Crippen LogP contribution in [0.25, 0.3) is 10.9 Å². The molecule has 1 heterocycles. The molecule has 0 N–H and O–H groups in total. The third-order valence-electron chi connectivity index (χ3n) is 5.36.